The molecule has 1 heterocycles. The number of amides is 2. The fourth-order valence-corrected chi connectivity index (χ4v) is 5.14. The van der Waals surface area contributed by atoms with Crippen LogP contribution in [-0.4, -0.2) is 34.4 Å². The summed E-state index contributed by atoms with van der Waals surface area (Å²) >= 11 is 1.56. The van der Waals surface area contributed by atoms with Gasteiger partial charge in [0.2, 0.25) is 11.8 Å². The van der Waals surface area contributed by atoms with Crippen molar-refractivity contribution < 1.29 is 9.59 Å². The summed E-state index contributed by atoms with van der Waals surface area (Å²) in [5.74, 6) is 0.0213. The number of unbranched alkanes of at least 4 members (excludes halogenated alkanes) is 1. The van der Waals surface area contributed by atoms with Crippen LogP contribution in [0.1, 0.15) is 56.2 Å². The van der Waals surface area contributed by atoms with Crippen LogP contribution in [0, 0.1) is 0 Å². The maximum atomic E-state index is 12.7. The van der Waals surface area contributed by atoms with Gasteiger partial charge in [-0.3, -0.25) is 14.6 Å². The van der Waals surface area contributed by atoms with E-state index in [2.05, 4.69) is 15.7 Å². The van der Waals surface area contributed by atoms with Gasteiger partial charge in [-0.1, -0.05) is 66.4 Å². The number of allylic oxidation sites excluding steroid dienone is 3. The van der Waals surface area contributed by atoms with Crippen LogP contribution in [0.5, 0.6) is 0 Å². The number of benzene rings is 2. The predicted molar refractivity (Wildman–Crippen MR) is 163 cm³/mol. The standard InChI is InChI=1S/C30H41N7O2S/c1-30(2,33)23-13-9-12-22(18-23)20-27(39)35-29-37(3)36-28(40-29)15-8-7-14-24(31)16-17-25(32)34-26(38)19-21-10-5-4-6-11-21/h4-6,9-13,16-18,29H,7-8,14-15,19-20,31-33H2,1-3H3,(H,34,38)(H,35,39)/b24-16-,25-17+. The molecule has 0 saturated heterocycles. The minimum atomic E-state index is -0.457. The molecule has 9 nitrogen and oxygen atoms in total. The van der Waals surface area contributed by atoms with Gasteiger partial charge < -0.3 is 27.8 Å². The highest BCUT2D eigenvalue weighted by Gasteiger charge is 2.26. The molecule has 0 bridgehead atoms. The monoisotopic (exact) mass is 563 g/mol. The van der Waals surface area contributed by atoms with Crippen molar-refractivity contribution in [3.63, 3.8) is 0 Å². The van der Waals surface area contributed by atoms with Gasteiger partial charge in [-0.25, -0.2) is 0 Å². The topological polar surface area (TPSA) is 152 Å². The van der Waals surface area contributed by atoms with E-state index in [1.807, 2.05) is 75.5 Å². The Labute approximate surface area is 241 Å². The highest BCUT2D eigenvalue weighted by Crippen LogP contribution is 2.26. The normalized spacial score (nSPS) is 16.1. The lowest BCUT2D eigenvalue weighted by Crippen LogP contribution is -2.40. The molecule has 10 heteroatoms. The number of rotatable bonds is 13. The lowest BCUT2D eigenvalue weighted by atomic mass is 9.93. The molecule has 1 atom stereocenters. The Morgan fingerprint density at radius 2 is 1.70 bits per heavy atom. The molecule has 0 aliphatic carbocycles. The average Bonchev–Trinajstić information content (AvgIpc) is 3.24. The van der Waals surface area contributed by atoms with E-state index in [1.165, 1.54) is 0 Å². The Kier molecular flexibility index (Phi) is 11.2. The second-order valence-electron chi connectivity index (χ2n) is 10.5. The van der Waals surface area contributed by atoms with Crippen molar-refractivity contribution >= 4 is 28.6 Å². The minimum Gasteiger partial charge on any atom is -0.402 e. The van der Waals surface area contributed by atoms with Crippen LogP contribution in [0.2, 0.25) is 0 Å². The number of nitrogens with zero attached hydrogens (tertiary/aromatic N) is 2. The zero-order valence-corrected chi connectivity index (χ0v) is 24.3. The van der Waals surface area contributed by atoms with Crippen molar-refractivity contribution in [3.05, 3.63) is 95.0 Å². The number of hydrogen-bond acceptors (Lipinski definition) is 8. The fraction of sp³-hybridized carbons (Fsp3) is 0.367. The lowest BCUT2D eigenvalue weighted by Gasteiger charge is -2.21. The zero-order valence-electron chi connectivity index (χ0n) is 23.5. The second kappa shape index (κ2) is 14.6. The summed E-state index contributed by atoms with van der Waals surface area (Å²) in [5.41, 5.74) is 21.1. The maximum Gasteiger partial charge on any atom is 0.229 e. The summed E-state index contributed by atoms with van der Waals surface area (Å²) < 4.78 is 0. The minimum absolute atomic E-state index is 0.0609. The van der Waals surface area contributed by atoms with E-state index in [0.29, 0.717) is 12.1 Å². The van der Waals surface area contributed by atoms with E-state index in [4.69, 9.17) is 17.2 Å². The van der Waals surface area contributed by atoms with E-state index < -0.39 is 5.54 Å². The van der Waals surface area contributed by atoms with Crippen LogP contribution in [-0.2, 0) is 28.0 Å². The van der Waals surface area contributed by atoms with Crippen molar-refractivity contribution in [3.8, 4) is 0 Å². The van der Waals surface area contributed by atoms with Crippen LogP contribution in [0.15, 0.2) is 83.4 Å². The first kappa shape index (κ1) is 30.8. The number of nitrogens with one attached hydrogen (secondary N) is 2. The van der Waals surface area contributed by atoms with E-state index in [9.17, 15) is 9.59 Å². The van der Waals surface area contributed by atoms with E-state index in [-0.39, 0.29) is 36.0 Å². The molecule has 1 unspecified atom stereocenters. The third-order valence-electron chi connectivity index (χ3n) is 6.25. The summed E-state index contributed by atoms with van der Waals surface area (Å²) in [6.07, 6.45) is 7.18. The van der Waals surface area contributed by atoms with E-state index in [0.717, 1.165) is 41.0 Å². The number of nitrogens with two attached hydrogens (primary N) is 3. The summed E-state index contributed by atoms with van der Waals surface area (Å²) in [7, 11) is 1.86. The summed E-state index contributed by atoms with van der Waals surface area (Å²) in [5, 5.41) is 13.1. The Morgan fingerprint density at radius 3 is 2.42 bits per heavy atom. The van der Waals surface area contributed by atoms with Crippen LogP contribution in [0.25, 0.3) is 0 Å². The first-order chi connectivity index (χ1) is 19.0. The van der Waals surface area contributed by atoms with Gasteiger partial charge in [-0.15, -0.1) is 0 Å². The number of carbonyl (C=O) groups excluding carboxylic acids is 2. The molecular formula is C30H41N7O2S. The van der Waals surface area contributed by atoms with Crippen molar-refractivity contribution in [1.29, 1.82) is 0 Å². The van der Waals surface area contributed by atoms with Crippen LogP contribution in [0.4, 0.5) is 0 Å². The molecule has 40 heavy (non-hydrogen) atoms. The molecule has 0 fully saturated rings. The molecule has 2 aromatic rings. The second-order valence-corrected chi connectivity index (χ2v) is 11.6. The number of carbonyl (C=O) groups is 2. The molecular weight excluding hydrogens is 522 g/mol. The quantitative estimate of drug-likeness (QED) is 0.185. The first-order valence-electron chi connectivity index (χ1n) is 13.4. The number of hydrogen-bond donors (Lipinski definition) is 5. The molecule has 2 aromatic carbocycles. The Bertz CT molecular complexity index is 1250. The number of hydrazone groups is 1. The van der Waals surface area contributed by atoms with Gasteiger partial charge in [0.1, 0.15) is 5.82 Å². The third kappa shape index (κ3) is 10.4. The van der Waals surface area contributed by atoms with Crippen molar-refractivity contribution in [2.45, 2.75) is 63.4 Å². The molecule has 1 aliphatic heterocycles. The maximum absolute atomic E-state index is 12.7. The lowest BCUT2D eigenvalue weighted by molar-refractivity contribution is -0.121. The predicted octanol–water partition coefficient (Wildman–Crippen LogP) is 3.38. The van der Waals surface area contributed by atoms with Gasteiger partial charge in [0, 0.05) is 18.3 Å². The smallest absolute Gasteiger partial charge is 0.229 e. The largest absolute Gasteiger partial charge is 0.402 e. The molecule has 8 N–H and O–H groups in total. The molecule has 0 radical (unpaired) electrons. The van der Waals surface area contributed by atoms with Crippen LogP contribution >= 0.6 is 11.8 Å². The molecule has 1 aliphatic rings. The van der Waals surface area contributed by atoms with Gasteiger partial charge in [0.25, 0.3) is 0 Å². The highest BCUT2D eigenvalue weighted by atomic mass is 32.2. The van der Waals surface area contributed by atoms with Gasteiger partial charge in [-0.2, -0.15) is 5.10 Å². The fourth-order valence-electron chi connectivity index (χ4n) is 4.06. The van der Waals surface area contributed by atoms with Crippen LogP contribution < -0.4 is 27.8 Å². The first-order valence-corrected chi connectivity index (χ1v) is 14.3. The van der Waals surface area contributed by atoms with Gasteiger partial charge in [0.15, 0.2) is 5.50 Å². The summed E-state index contributed by atoms with van der Waals surface area (Å²) in [4.78, 5) is 24.8. The van der Waals surface area contributed by atoms with Crippen molar-refractivity contribution in [1.82, 2.24) is 15.6 Å². The Morgan fingerprint density at radius 1 is 1.00 bits per heavy atom. The van der Waals surface area contributed by atoms with Crippen molar-refractivity contribution in [2.24, 2.45) is 22.3 Å². The van der Waals surface area contributed by atoms with Gasteiger partial charge >= 0.3 is 0 Å². The molecule has 0 spiro atoms. The van der Waals surface area contributed by atoms with Crippen LogP contribution in [0.3, 0.4) is 0 Å². The highest BCUT2D eigenvalue weighted by molar-refractivity contribution is 8.14. The van der Waals surface area contributed by atoms with Gasteiger partial charge in [-0.05, 0) is 68.4 Å². The van der Waals surface area contributed by atoms with Gasteiger partial charge in [0.05, 0.1) is 17.9 Å². The van der Waals surface area contributed by atoms with E-state index >= 15 is 0 Å². The molecule has 3 rings (SSSR count). The Balaban J connectivity index is 1.35. The van der Waals surface area contributed by atoms with Crippen molar-refractivity contribution in [2.75, 3.05) is 7.05 Å². The molecule has 0 saturated carbocycles. The number of thioether (sulfide) groups is 1. The average molecular weight is 564 g/mol. The molecule has 2 amide bonds. The third-order valence-corrected chi connectivity index (χ3v) is 7.45. The molecule has 0 aromatic heterocycles. The van der Waals surface area contributed by atoms with E-state index in [1.54, 1.807) is 28.9 Å². The SMILES string of the molecule is CN1N=C(CCCC/C(N)=C/C=C(\N)NC(=O)Cc2ccccc2)SC1NC(=O)Cc1cccc(C(C)(C)N)c1. The molecule has 214 valence electrons. The summed E-state index contributed by atoms with van der Waals surface area (Å²) in [6.45, 7) is 3.89. The Hall–Kier alpha value is -3.76. The zero-order chi connectivity index (χ0) is 29.1. The summed E-state index contributed by atoms with van der Waals surface area (Å²) in [6, 6.07) is 17.3.